The van der Waals surface area contributed by atoms with Crippen LogP contribution in [0, 0.1) is 5.82 Å². The van der Waals surface area contributed by atoms with Gasteiger partial charge in [-0.2, -0.15) is 10.1 Å². The van der Waals surface area contributed by atoms with Crippen molar-refractivity contribution in [2.75, 3.05) is 0 Å². The predicted octanol–water partition coefficient (Wildman–Crippen LogP) is 1.90. The number of benzene rings is 1. The lowest BCUT2D eigenvalue weighted by Gasteiger charge is -2.14. The molecule has 3 heterocycles. The molecule has 0 bridgehead atoms. The maximum atomic E-state index is 14.9. The van der Waals surface area contributed by atoms with Crippen molar-refractivity contribution in [3.8, 4) is 28.5 Å². The van der Waals surface area contributed by atoms with E-state index in [1.807, 2.05) is 0 Å². The van der Waals surface area contributed by atoms with E-state index in [1.54, 1.807) is 50.8 Å². The number of hydrogen-bond donors (Lipinski definition) is 1. The van der Waals surface area contributed by atoms with Crippen LogP contribution in [0.3, 0.4) is 0 Å². The van der Waals surface area contributed by atoms with Gasteiger partial charge >= 0.3 is 0 Å². The van der Waals surface area contributed by atoms with Gasteiger partial charge in [-0.05, 0) is 29.8 Å². The SMILES string of the molecule is Cn1ccc(-c2nc(=O)cc(O)n2Cc2ccc(-c3cccn(C)c3=O)cc2F)n1. The molecule has 4 aromatic rings. The van der Waals surface area contributed by atoms with Gasteiger partial charge < -0.3 is 9.67 Å². The van der Waals surface area contributed by atoms with Crippen molar-refractivity contribution in [1.82, 2.24) is 23.9 Å². The zero-order chi connectivity index (χ0) is 21.4. The highest BCUT2D eigenvalue weighted by Gasteiger charge is 2.16. The summed E-state index contributed by atoms with van der Waals surface area (Å²) in [5.41, 5.74) is 0.599. The van der Waals surface area contributed by atoms with Gasteiger partial charge in [0.1, 0.15) is 11.5 Å². The molecule has 30 heavy (non-hydrogen) atoms. The number of nitrogens with zero attached hydrogens (tertiary/aromatic N) is 5. The lowest BCUT2D eigenvalue weighted by atomic mass is 10.0. The molecule has 0 radical (unpaired) electrons. The molecule has 0 atom stereocenters. The number of rotatable bonds is 4. The molecule has 0 saturated heterocycles. The summed E-state index contributed by atoms with van der Waals surface area (Å²) in [6.07, 6.45) is 3.30. The molecule has 0 saturated carbocycles. The van der Waals surface area contributed by atoms with Gasteiger partial charge in [0.2, 0.25) is 0 Å². The van der Waals surface area contributed by atoms with Crippen molar-refractivity contribution in [3.63, 3.8) is 0 Å². The zero-order valence-corrected chi connectivity index (χ0v) is 16.3. The van der Waals surface area contributed by atoms with Gasteiger partial charge in [0, 0.05) is 37.6 Å². The quantitative estimate of drug-likeness (QED) is 0.558. The third-order valence-electron chi connectivity index (χ3n) is 4.76. The Morgan fingerprint density at radius 2 is 1.87 bits per heavy atom. The van der Waals surface area contributed by atoms with E-state index in [2.05, 4.69) is 10.1 Å². The molecule has 0 unspecified atom stereocenters. The maximum absolute atomic E-state index is 14.9. The fourth-order valence-corrected chi connectivity index (χ4v) is 3.21. The number of aromatic hydroxyl groups is 1. The van der Waals surface area contributed by atoms with Crippen LogP contribution < -0.4 is 11.1 Å². The highest BCUT2D eigenvalue weighted by atomic mass is 19.1. The predicted molar refractivity (Wildman–Crippen MR) is 109 cm³/mol. The first-order chi connectivity index (χ1) is 14.3. The minimum absolute atomic E-state index is 0.0794. The van der Waals surface area contributed by atoms with Crippen LogP contribution in [0.15, 0.2) is 64.4 Å². The summed E-state index contributed by atoms with van der Waals surface area (Å²) < 4.78 is 19.2. The Hall–Kier alpha value is -4.01. The van der Waals surface area contributed by atoms with Crippen molar-refractivity contribution in [2.24, 2.45) is 14.1 Å². The van der Waals surface area contributed by atoms with Gasteiger partial charge in [-0.3, -0.25) is 18.8 Å². The van der Waals surface area contributed by atoms with Crippen LogP contribution in [0.5, 0.6) is 5.88 Å². The first-order valence-corrected chi connectivity index (χ1v) is 9.09. The third kappa shape index (κ3) is 3.52. The van der Waals surface area contributed by atoms with E-state index in [9.17, 15) is 19.1 Å². The number of aromatic nitrogens is 5. The fourth-order valence-electron chi connectivity index (χ4n) is 3.21. The number of aryl methyl sites for hydroxylation is 2. The van der Waals surface area contributed by atoms with Crippen LogP contribution in [0.4, 0.5) is 4.39 Å². The Bertz CT molecular complexity index is 1370. The highest BCUT2D eigenvalue weighted by molar-refractivity contribution is 5.63. The monoisotopic (exact) mass is 407 g/mol. The van der Waals surface area contributed by atoms with Gasteiger partial charge in [-0.15, -0.1) is 0 Å². The normalized spacial score (nSPS) is 11.0. The molecule has 1 N–H and O–H groups in total. The summed E-state index contributed by atoms with van der Waals surface area (Å²) in [5.74, 6) is -0.777. The lowest BCUT2D eigenvalue weighted by molar-refractivity contribution is 0.415. The molecule has 152 valence electrons. The van der Waals surface area contributed by atoms with Gasteiger partial charge in [-0.1, -0.05) is 12.1 Å². The van der Waals surface area contributed by atoms with E-state index in [0.29, 0.717) is 16.8 Å². The largest absolute Gasteiger partial charge is 0.494 e. The molecule has 4 rings (SSSR count). The van der Waals surface area contributed by atoms with Crippen molar-refractivity contribution < 1.29 is 9.50 Å². The summed E-state index contributed by atoms with van der Waals surface area (Å²) in [4.78, 5) is 28.0. The fraction of sp³-hybridized carbons (Fsp3) is 0.143. The highest BCUT2D eigenvalue weighted by Crippen LogP contribution is 2.24. The van der Waals surface area contributed by atoms with E-state index in [1.165, 1.54) is 25.9 Å². The molecule has 0 aliphatic heterocycles. The molecule has 8 nitrogen and oxygen atoms in total. The average Bonchev–Trinajstić information content (AvgIpc) is 3.13. The number of hydrogen-bond acceptors (Lipinski definition) is 5. The number of halogens is 1. The van der Waals surface area contributed by atoms with Crippen LogP contribution >= 0.6 is 0 Å². The first-order valence-electron chi connectivity index (χ1n) is 9.09. The van der Waals surface area contributed by atoms with Gasteiger partial charge in [0.25, 0.3) is 11.1 Å². The van der Waals surface area contributed by atoms with Crippen LogP contribution in [-0.4, -0.2) is 29.0 Å². The van der Waals surface area contributed by atoms with Crippen LogP contribution in [0.25, 0.3) is 22.6 Å². The Balaban J connectivity index is 1.76. The summed E-state index contributed by atoms with van der Waals surface area (Å²) in [7, 11) is 3.34. The summed E-state index contributed by atoms with van der Waals surface area (Å²) in [5, 5.41) is 14.5. The molecule has 0 fully saturated rings. The zero-order valence-electron chi connectivity index (χ0n) is 16.3. The minimum Gasteiger partial charge on any atom is -0.494 e. The van der Waals surface area contributed by atoms with Gasteiger partial charge in [0.05, 0.1) is 12.6 Å². The van der Waals surface area contributed by atoms with E-state index in [4.69, 9.17) is 0 Å². The second-order valence-electron chi connectivity index (χ2n) is 6.88. The molecule has 0 spiro atoms. The van der Waals surface area contributed by atoms with E-state index >= 15 is 0 Å². The van der Waals surface area contributed by atoms with Gasteiger partial charge in [0.15, 0.2) is 11.7 Å². The van der Waals surface area contributed by atoms with Crippen molar-refractivity contribution >= 4 is 0 Å². The molecular weight excluding hydrogens is 389 g/mol. The molecule has 1 aromatic carbocycles. The Labute approximate surface area is 170 Å². The molecule has 0 aliphatic carbocycles. The van der Waals surface area contributed by atoms with E-state index < -0.39 is 11.4 Å². The lowest BCUT2D eigenvalue weighted by Crippen LogP contribution is -2.17. The minimum atomic E-state index is -0.625. The van der Waals surface area contributed by atoms with Crippen LogP contribution in [0.2, 0.25) is 0 Å². The van der Waals surface area contributed by atoms with Crippen molar-refractivity contribution in [2.45, 2.75) is 6.54 Å². The smallest absolute Gasteiger partial charge is 0.277 e. The molecule has 0 aliphatic rings. The number of pyridine rings is 1. The Kier molecular flexibility index (Phi) is 4.78. The average molecular weight is 407 g/mol. The van der Waals surface area contributed by atoms with Crippen LogP contribution in [0.1, 0.15) is 5.56 Å². The summed E-state index contributed by atoms with van der Waals surface area (Å²) >= 11 is 0. The second-order valence-corrected chi connectivity index (χ2v) is 6.88. The van der Waals surface area contributed by atoms with E-state index in [-0.39, 0.29) is 29.4 Å². The molecule has 0 amide bonds. The molecule has 3 aromatic heterocycles. The third-order valence-corrected chi connectivity index (χ3v) is 4.76. The Morgan fingerprint density at radius 3 is 2.57 bits per heavy atom. The first kappa shape index (κ1) is 19.3. The standard InChI is InChI=1S/C21H18FN5O3/c1-25-8-3-4-15(21(25)30)13-5-6-14(16(22)10-13)12-27-19(29)11-18(28)23-20(27)17-7-9-26(2)24-17/h3-11,29H,12H2,1-2H3. The van der Waals surface area contributed by atoms with Crippen LogP contribution in [-0.2, 0) is 20.6 Å². The summed E-state index contributed by atoms with van der Waals surface area (Å²) in [6, 6.07) is 10.4. The van der Waals surface area contributed by atoms with Crippen molar-refractivity contribution in [1.29, 1.82) is 0 Å². The summed E-state index contributed by atoms with van der Waals surface area (Å²) in [6.45, 7) is -0.0794. The molecule has 9 heteroatoms. The van der Waals surface area contributed by atoms with Gasteiger partial charge in [-0.25, -0.2) is 4.39 Å². The second kappa shape index (κ2) is 7.43. The van der Waals surface area contributed by atoms with Crippen molar-refractivity contribution in [3.05, 3.63) is 86.9 Å². The molecular formula is C21H18FN5O3. The topological polar surface area (TPSA) is 94.9 Å². The van der Waals surface area contributed by atoms with E-state index in [0.717, 1.165) is 6.07 Å². The Morgan fingerprint density at radius 1 is 1.07 bits per heavy atom. The maximum Gasteiger partial charge on any atom is 0.277 e.